The Bertz CT molecular complexity index is 3860. The summed E-state index contributed by atoms with van der Waals surface area (Å²) in [7, 11) is 0. The number of rotatable bonds is 11. The Labute approximate surface area is 417 Å². The first-order chi connectivity index (χ1) is 34.9. The molecule has 71 heavy (non-hydrogen) atoms. The van der Waals surface area contributed by atoms with Gasteiger partial charge in [0.15, 0.2) is 0 Å². The molecule has 0 spiro atoms. The van der Waals surface area contributed by atoms with Gasteiger partial charge in [0, 0.05) is 44.3 Å². The van der Waals surface area contributed by atoms with Crippen LogP contribution in [0.3, 0.4) is 0 Å². The number of nitrogens with zero attached hydrogens (tertiary/aromatic N) is 2. The third-order valence-corrected chi connectivity index (χ3v) is 16.1. The predicted molar refractivity (Wildman–Crippen MR) is 302 cm³/mol. The Kier molecular flexibility index (Phi) is 10.6. The van der Waals surface area contributed by atoms with Crippen LogP contribution in [0.25, 0.3) is 93.9 Å². The summed E-state index contributed by atoms with van der Waals surface area (Å²) < 4.78 is 4.86. The highest BCUT2D eigenvalue weighted by atomic mass is 15.0. The fraction of sp³-hybridized carbons (Fsp3) is 0.159. The lowest BCUT2D eigenvalue weighted by Crippen LogP contribution is -2.20. The van der Waals surface area contributed by atoms with Gasteiger partial charge in [-0.1, -0.05) is 197 Å². The Balaban J connectivity index is 0.820. The molecule has 344 valence electrons. The summed E-state index contributed by atoms with van der Waals surface area (Å²) >= 11 is 0. The van der Waals surface area contributed by atoms with Crippen molar-refractivity contribution in [3.63, 3.8) is 0 Å². The molecule has 2 unspecified atom stereocenters. The highest BCUT2D eigenvalue weighted by molar-refractivity contribution is 6.10. The maximum atomic E-state index is 2.52. The summed E-state index contributed by atoms with van der Waals surface area (Å²) in [4.78, 5) is 0. The second-order valence-electron chi connectivity index (χ2n) is 20.5. The number of hydrogen-bond donors (Lipinski definition) is 0. The second-order valence-corrected chi connectivity index (χ2v) is 20.5. The maximum absolute atomic E-state index is 2.52. The molecule has 11 aromatic rings. The number of benzene rings is 9. The van der Waals surface area contributed by atoms with Crippen LogP contribution in [-0.2, 0) is 5.41 Å². The van der Waals surface area contributed by atoms with Crippen molar-refractivity contribution in [2.75, 3.05) is 0 Å². The van der Waals surface area contributed by atoms with E-state index in [4.69, 9.17) is 0 Å². The molecule has 13 rings (SSSR count). The van der Waals surface area contributed by atoms with E-state index < -0.39 is 0 Å². The zero-order valence-electron chi connectivity index (χ0n) is 41.0. The van der Waals surface area contributed by atoms with Gasteiger partial charge in [-0.15, -0.1) is 0 Å². The van der Waals surface area contributed by atoms with Gasteiger partial charge < -0.3 is 9.13 Å². The van der Waals surface area contributed by atoms with E-state index in [1.807, 2.05) is 0 Å². The lowest BCUT2D eigenvalue weighted by Gasteiger charge is -2.28. The molecule has 2 aliphatic carbocycles. The van der Waals surface area contributed by atoms with Crippen molar-refractivity contribution in [2.45, 2.75) is 70.6 Å². The number of para-hydroxylation sites is 3. The monoisotopic (exact) mass is 914 g/mol. The summed E-state index contributed by atoms with van der Waals surface area (Å²) in [6, 6.07) is 75.5. The Morgan fingerprint density at radius 3 is 1.56 bits per heavy atom. The number of fused-ring (bicyclic) bond motifs is 9. The quantitative estimate of drug-likeness (QED) is 0.114. The highest BCUT2D eigenvalue weighted by Gasteiger charge is 2.39. The number of unbranched alkanes of at least 4 members (excludes halogenated alkanes) is 3. The van der Waals surface area contributed by atoms with Crippen molar-refractivity contribution in [2.24, 2.45) is 0 Å². The van der Waals surface area contributed by atoms with Crippen molar-refractivity contribution < 1.29 is 0 Å². The topological polar surface area (TPSA) is 9.86 Å². The molecule has 2 aromatic heterocycles. The van der Waals surface area contributed by atoms with Gasteiger partial charge in [0.1, 0.15) is 0 Å². The van der Waals surface area contributed by atoms with Crippen LogP contribution >= 0.6 is 0 Å². The van der Waals surface area contributed by atoms with E-state index in [0.717, 1.165) is 12.8 Å². The number of aromatic nitrogens is 2. The minimum Gasteiger partial charge on any atom is -0.309 e. The second kappa shape index (κ2) is 17.5. The first-order valence-corrected chi connectivity index (χ1v) is 25.9. The molecule has 0 saturated heterocycles. The van der Waals surface area contributed by atoms with E-state index in [9.17, 15) is 0 Å². The van der Waals surface area contributed by atoms with Gasteiger partial charge in [-0.2, -0.15) is 0 Å². The largest absolute Gasteiger partial charge is 0.309 e. The Morgan fingerprint density at radius 1 is 0.465 bits per heavy atom. The lowest BCUT2D eigenvalue weighted by atomic mass is 9.75. The SMILES string of the molecule is CCCCCCC1(C)c2cc(-c3ccc(-n4c5ccccc5c5ccccc54)cc3)ccc2-c2ccc(-c3ccc(-n4c5ccccc5c5cc(C6C=C(c7cccc(C)c7)C=CC6)ccc54)cc3)cc21. The van der Waals surface area contributed by atoms with E-state index in [-0.39, 0.29) is 5.41 Å². The number of allylic oxidation sites excluding steroid dienone is 4. The van der Waals surface area contributed by atoms with E-state index >= 15 is 0 Å². The number of aryl methyl sites for hydroxylation is 1. The zero-order valence-corrected chi connectivity index (χ0v) is 41.0. The molecule has 0 amide bonds. The van der Waals surface area contributed by atoms with E-state index in [1.165, 1.54) is 147 Å². The molecular formula is C69H58N2. The standard InChI is InChI=1S/C69H58N2/c1-4-5-6-13-40-69(3)63-44-53(47-26-33-55(34-27-47)70-65-23-10-7-20-59(65)60-21-8-11-24-66(60)70)30-37-57(63)58-38-31-54(45-64(58)69)48-28-35-56(36-29-48)71-67-25-12-9-22-61(67)62-43-52(32-39-68(62)71)51-19-15-18-50(42-51)49-17-14-16-46(2)41-49/h7-12,14-18,20-39,41-45,51H,4-6,13,19,40H2,1-3H3. The van der Waals surface area contributed by atoms with Crippen LogP contribution < -0.4 is 0 Å². The molecule has 0 N–H and O–H groups in total. The summed E-state index contributed by atoms with van der Waals surface area (Å²) in [5, 5.41) is 5.17. The van der Waals surface area contributed by atoms with E-state index in [0.29, 0.717) is 5.92 Å². The predicted octanol–water partition coefficient (Wildman–Crippen LogP) is 18.9. The van der Waals surface area contributed by atoms with Crippen LogP contribution in [0.1, 0.15) is 86.1 Å². The summed E-state index contributed by atoms with van der Waals surface area (Å²) in [5.74, 6) is 0.331. The van der Waals surface area contributed by atoms with Crippen LogP contribution in [-0.4, -0.2) is 9.13 Å². The fourth-order valence-corrected chi connectivity index (χ4v) is 12.4. The van der Waals surface area contributed by atoms with Crippen molar-refractivity contribution in [3.8, 4) is 44.8 Å². The molecule has 0 bridgehead atoms. The van der Waals surface area contributed by atoms with Crippen LogP contribution in [0.4, 0.5) is 0 Å². The van der Waals surface area contributed by atoms with E-state index in [1.54, 1.807) is 0 Å². The van der Waals surface area contributed by atoms with Crippen molar-refractivity contribution in [1.29, 1.82) is 0 Å². The smallest absolute Gasteiger partial charge is 0.0541 e. The summed E-state index contributed by atoms with van der Waals surface area (Å²) in [6.45, 7) is 7.00. The normalized spacial score (nSPS) is 16.3. The van der Waals surface area contributed by atoms with E-state index in [2.05, 4.69) is 248 Å². The minimum absolute atomic E-state index is 0.0963. The third-order valence-electron chi connectivity index (χ3n) is 16.1. The molecule has 0 aliphatic heterocycles. The summed E-state index contributed by atoms with van der Waals surface area (Å²) in [5.41, 5.74) is 23.2. The first-order valence-electron chi connectivity index (χ1n) is 25.9. The van der Waals surface area contributed by atoms with Gasteiger partial charge in [-0.05, 0) is 148 Å². The van der Waals surface area contributed by atoms with Crippen molar-refractivity contribution in [3.05, 3.63) is 246 Å². The first kappa shape index (κ1) is 43.1. The van der Waals surface area contributed by atoms with Crippen LogP contribution in [0.5, 0.6) is 0 Å². The van der Waals surface area contributed by atoms with Crippen LogP contribution in [0.2, 0.25) is 0 Å². The Morgan fingerprint density at radius 2 is 1.00 bits per heavy atom. The van der Waals surface area contributed by atoms with Gasteiger partial charge in [-0.25, -0.2) is 0 Å². The van der Waals surface area contributed by atoms with Gasteiger partial charge >= 0.3 is 0 Å². The van der Waals surface area contributed by atoms with Crippen molar-refractivity contribution in [1.82, 2.24) is 9.13 Å². The molecule has 2 nitrogen and oxygen atoms in total. The number of hydrogen-bond acceptors (Lipinski definition) is 0. The molecule has 2 aliphatic rings. The molecule has 0 fully saturated rings. The highest BCUT2D eigenvalue weighted by Crippen LogP contribution is 2.53. The van der Waals surface area contributed by atoms with Crippen molar-refractivity contribution >= 4 is 49.2 Å². The average molecular weight is 915 g/mol. The third kappa shape index (κ3) is 7.30. The fourth-order valence-electron chi connectivity index (χ4n) is 12.4. The summed E-state index contributed by atoms with van der Waals surface area (Å²) in [6.07, 6.45) is 14.2. The Hall–Kier alpha value is -7.94. The molecule has 0 saturated carbocycles. The van der Waals surface area contributed by atoms with Gasteiger partial charge in [-0.3, -0.25) is 0 Å². The van der Waals surface area contributed by atoms with Gasteiger partial charge in [0.2, 0.25) is 0 Å². The van der Waals surface area contributed by atoms with Crippen LogP contribution in [0.15, 0.2) is 218 Å². The molecule has 2 heteroatoms. The molecule has 0 radical (unpaired) electrons. The maximum Gasteiger partial charge on any atom is 0.0541 e. The molecule has 2 heterocycles. The minimum atomic E-state index is -0.0963. The van der Waals surface area contributed by atoms with Gasteiger partial charge in [0.25, 0.3) is 0 Å². The average Bonchev–Trinajstić information content (AvgIpc) is 4.03. The molecule has 9 aromatic carbocycles. The molecule has 2 atom stereocenters. The zero-order chi connectivity index (χ0) is 47.6. The molecular weight excluding hydrogens is 857 g/mol. The van der Waals surface area contributed by atoms with Crippen LogP contribution in [0, 0.1) is 6.92 Å². The lowest BCUT2D eigenvalue weighted by molar-refractivity contribution is 0.487. The van der Waals surface area contributed by atoms with Gasteiger partial charge in [0.05, 0.1) is 22.1 Å².